The second-order valence-electron chi connectivity index (χ2n) is 10.8. The Bertz CT molecular complexity index is 1310. The van der Waals surface area contributed by atoms with E-state index in [1.165, 1.54) is 37.5 Å². The van der Waals surface area contributed by atoms with Crippen LogP contribution in [0.2, 0.25) is 0 Å². The SMILES string of the molecule is CC(C(=O)CCc1ccc(C(F)(F)F)nc1N1CCN(C2CCCCC2)CC1)c1ccc(NS(C)(=O)=O)c(F)c1. The van der Waals surface area contributed by atoms with E-state index in [1.54, 1.807) is 6.92 Å². The van der Waals surface area contributed by atoms with Gasteiger partial charge in [-0.25, -0.2) is 17.8 Å². The number of aryl methyl sites for hydroxylation is 1. The molecule has 1 unspecified atom stereocenters. The standard InChI is InChI=1S/C28H36F4N4O3S/c1-19(21-8-11-24(23(29)18-21)34-40(2,38)39)25(37)12-9-20-10-13-26(28(30,31)32)33-27(20)36-16-14-35(15-17-36)22-6-4-3-5-7-22/h8,10-11,13,18-19,22,34H,3-7,9,12,14-17H2,1-2H3. The Morgan fingerprint density at radius 3 is 2.35 bits per heavy atom. The van der Waals surface area contributed by atoms with Crippen LogP contribution < -0.4 is 9.62 Å². The molecule has 12 heteroatoms. The van der Waals surface area contributed by atoms with Gasteiger partial charge < -0.3 is 4.90 Å². The van der Waals surface area contributed by atoms with Crippen LogP contribution in [0.5, 0.6) is 0 Å². The second-order valence-corrected chi connectivity index (χ2v) is 12.5. The molecule has 7 nitrogen and oxygen atoms in total. The Labute approximate surface area is 233 Å². The maximum atomic E-state index is 14.4. The van der Waals surface area contributed by atoms with Crippen molar-refractivity contribution in [2.75, 3.05) is 42.1 Å². The Hall–Kier alpha value is -2.73. The van der Waals surface area contributed by atoms with Gasteiger partial charge in [-0.05, 0) is 48.6 Å². The number of sulfonamides is 1. The summed E-state index contributed by atoms with van der Waals surface area (Å²) >= 11 is 0. The zero-order valence-electron chi connectivity index (χ0n) is 22.8. The minimum Gasteiger partial charge on any atom is -0.354 e. The molecular weight excluding hydrogens is 548 g/mol. The molecule has 1 N–H and O–H groups in total. The van der Waals surface area contributed by atoms with Gasteiger partial charge in [0.2, 0.25) is 10.0 Å². The lowest BCUT2D eigenvalue weighted by atomic mass is 9.92. The summed E-state index contributed by atoms with van der Waals surface area (Å²) in [4.78, 5) is 21.3. The molecule has 220 valence electrons. The number of hydrogen-bond acceptors (Lipinski definition) is 6. The first-order valence-corrected chi connectivity index (χ1v) is 15.6. The fraction of sp³-hybridized carbons (Fsp3) is 0.571. The van der Waals surface area contributed by atoms with Crippen molar-refractivity contribution < 1.29 is 30.8 Å². The highest BCUT2D eigenvalue weighted by Crippen LogP contribution is 2.33. The lowest BCUT2D eigenvalue weighted by Crippen LogP contribution is -2.51. The third-order valence-corrected chi connectivity index (χ3v) is 8.45. The third-order valence-electron chi connectivity index (χ3n) is 7.86. The van der Waals surface area contributed by atoms with E-state index in [9.17, 15) is 30.8 Å². The monoisotopic (exact) mass is 584 g/mol. The molecule has 1 aliphatic carbocycles. The van der Waals surface area contributed by atoms with Gasteiger partial charge in [-0.1, -0.05) is 38.3 Å². The quantitative estimate of drug-likeness (QED) is 0.399. The number of pyridine rings is 1. The van der Waals surface area contributed by atoms with Gasteiger partial charge in [-0.2, -0.15) is 13.2 Å². The average Bonchev–Trinajstić information content (AvgIpc) is 2.91. The minimum atomic E-state index is -4.58. The van der Waals surface area contributed by atoms with Crippen LogP contribution in [0.4, 0.5) is 29.1 Å². The molecule has 0 bridgehead atoms. The fourth-order valence-corrected chi connectivity index (χ4v) is 6.16. The van der Waals surface area contributed by atoms with E-state index in [0.717, 1.165) is 44.3 Å². The van der Waals surface area contributed by atoms with Gasteiger partial charge in [-0.3, -0.25) is 14.4 Å². The molecule has 1 saturated carbocycles. The van der Waals surface area contributed by atoms with Crippen LogP contribution >= 0.6 is 0 Å². The van der Waals surface area contributed by atoms with Crippen LogP contribution in [0.25, 0.3) is 0 Å². The van der Waals surface area contributed by atoms with Gasteiger partial charge in [0.25, 0.3) is 0 Å². The molecule has 2 fully saturated rings. The molecule has 1 aromatic heterocycles. The van der Waals surface area contributed by atoms with E-state index in [0.29, 0.717) is 30.3 Å². The summed E-state index contributed by atoms with van der Waals surface area (Å²) in [5.74, 6) is -1.44. The zero-order valence-corrected chi connectivity index (χ0v) is 23.6. The highest BCUT2D eigenvalue weighted by Gasteiger charge is 2.34. The van der Waals surface area contributed by atoms with Crippen LogP contribution in [0.15, 0.2) is 30.3 Å². The van der Waals surface area contributed by atoms with Crippen molar-refractivity contribution >= 4 is 27.3 Å². The molecular formula is C28H36F4N4O3S. The summed E-state index contributed by atoms with van der Waals surface area (Å²) in [6, 6.07) is 6.75. The summed E-state index contributed by atoms with van der Waals surface area (Å²) in [7, 11) is -3.66. The van der Waals surface area contributed by atoms with E-state index in [2.05, 4.69) is 14.6 Å². The van der Waals surface area contributed by atoms with Crippen molar-refractivity contribution in [2.45, 2.75) is 70.0 Å². The topological polar surface area (TPSA) is 82.6 Å². The molecule has 0 spiro atoms. The average molecular weight is 585 g/mol. The van der Waals surface area contributed by atoms with Crippen LogP contribution in [-0.4, -0.2) is 62.6 Å². The number of hydrogen-bond donors (Lipinski definition) is 1. The van der Waals surface area contributed by atoms with Crippen LogP contribution in [0.3, 0.4) is 0 Å². The van der Waals surface area contributed by atoms with Crippen molar-refractivity contribution in [3.63, 3.8) is 0 Å². The van der Waals surface area contributed by atoms with E-state index in [1.807, 2.05) is 4.90 Å². The molecule has 4 rings (SSSR count). The predicted molar refractivity (Wildman–Crippen MR) is 147 cm³/mol. The number of halogens is 4. The van der Waals surface area contributed by atoms with E-state index < -0.39 is 33.6 Å². The van der Waals surface area contributed by atoms with Crippen molar-refractivity contribution in [3.8, 4) is 0 Å². The van der Waals surface area contributed by atoms with Gasteiger partial charge >= 0.3 is 6.18 Å². The lowest BCUT2D eigenvalue weighted by Gasteiger charge is -2.41. The maximum absolute atomic E-state index is 14.4. The highest BCUT2D eigenvalue weighted by atomic mass is 32.2. The first-order chi connectivity index (χ1) is 18.8. The molecule has 2 aliphatic rings. The molecule has 1 atom stereocenters. The van der Waals surface area contributed by atoms with E-state index in [4.69, 9.17) is 0 Å². The normalized spacial score (nSPS) is 18.5. The smallest absolute Gasteiger partial charge is 0.354 e. The summed E-state index contributed by atoms with van der Waals surface area (Å²) < 4.78 is 79.9. The van der Waals surface area contributed by atoms with Gasteiger partial charge in [0, 0.05) is 44.6 Å². The fourth-order valence-electron chi connectivity index (χ4n) is 5.59. The summed E-state index contributed by atoms with van der Waals surface area (Å²) in [6.45, 7) is 4.27. The first-order valence-electron chi connectivity index (χ1n) is 13.7. The largest absolute Gasteiger partial charge is 0.433 e. The number of rotatable bonds is 9. The van der Waals surface area contributed by atoms with Crippen molar-refractivity contribution in [1.82, 2.24) is 9.88 Å². The number of nitrogens with zero attached hydrogens (tertiary/aromatic N) is 3. The summed E-state index contributed by atoms with van der Waals surface area (Å²) in [5, 5.41) is 0. The highest BCUT2D eigenvalue weighted by molar-refractivity contribution is 7.92. The van der Waals surface area contributed by atoms with Crippen LogP contribution in [0, 0.1) is 5.82 Å². The van der Waals surface area contributed by atoms with Crippen molar-refractivity contribution in [1.29, 1.82) is 0 Å². The Kier molecular flexibility index (Phi) is 9.39. The van der Waals surface area contributed by atoms with Crippen molar-refractivity contribution in [2.24, 2.45) is 0 Å². The summed E-state index contributed by atoms with van der Waals surface area (Å²) in [5.41, 5.74) is -0.224. The number of alkyl halides is 3. The van der Waals surface area contributed by atoms with Gasteiger partial charge in [0.15, 0.2) is 0 Å². The Balaban J connectivity index is 1.45. The number of Topliss-reactive ketones (excluding diaryl/α,β-unsaturated/α-hetero) is 1. The summed E-state index contributed by atoms with van der Waals surface area (Å²) in [6.07, 6.45) is 2.57. The predicted octanol–water partition coefficient (Wildman–Crippen LogP) is 5.37. The van der Waals surface area contributed by atoms with Crippen LogP contribution in [-0.2, 0) is 27.4 Å². The molecule has 2 heterocycles. The van der Waals surface area contributed by atoms with Gasteiger partial charge in [0.05, 0.1) is 11.9 Å². The number of nitrogens with one attached hydrogen (secondary N) is 1. The molecule has 0 radical (unpaired) electrons. The lowest BCUT2D eigenvalue weighted by molar-refractivity contribution is -0.141. The Morgan fingerprint density at radius 2 is 1.75 bits per heavy atom. The molecule has 1 aromatic carbocycles. The molecule has 2 aromatic rings. The molecule has 0 amide bonds. The van der Waals surface area contributed by atoms with Gasteiger partial charge in [-0.15, -0.1) is 0 Å². The number of benzene rings is 1. The third kappa shape index (κ3) is 7.72. The number of aromatic nitrogens is 1. The van der Waals surface area contributed by atoms with Gasteiger partial charge in [0.1, 0.15) is 23.1 Å². The first kappa shape index (κ1) is 30.2. The van der Waals surface area contributed by atoms with Crippen LogP contribution in [0.1, 0.15) is 68.2 Å². The number of ketones is 1. The molecule has 1 saturated heterocycles. The van der Waals surface area contributed by atoms with E-state index in [-0.39, 0.29) is 30.1 Å². The second kappa shape index (κ2) is 12.4. The number of carbonyl (C=O) groups is 1. The Morgan fingerprint density at radius 1 is 1.07 bits per heavy atom. The molecule has 40 heavy (non-hydrogen) atoms. The zero-order chi connectivity index (χ0) is 29.1. The minimum absolute atomic E-state index is 0.0359. The number of anilines is 2. The maximum Gasteiger partial charge on any atom is 0.433 e. The number of carbonyl (C=O) groups excluding carboxylic acids is 1. The van der Waals surface area contributed by atoms with E-state index >= 15 is 0 Å². The molecule has 1 aliphatic heterocycles. The van der Waals surface area contributed by atoms with Crippen molar-refractivity contribution in [3.05, 3.63) is 53.0 Å². The number of piperazine rings is 1.